The van der Waals surface area contributed by atoms with Crippen molar-refractivity contribution in [3.8, 4) is 0 Å². The van der Waals surface area contributed by atoms with Crippen LogP contribution in [0.3, 0.4) is 0 Å². The molecule has 0 fully saturated rings. The summed E-state index contributed by atoms with van der Waals surface area (Å²) in [6.45, 7) is 1.98. The zero-order valence-electron chi connectivity index (χ0n) is 9.74. The van der Waals surface area contributed by atoms with Crippen molar-refractivity contribution in [3.05, 3.63) is 40.6 Å². The van der Waals surface area contributed by atoms with Crippen LogP contribution in [0.2, 0.25) is 5.02 Å². The lowest BCUT2D eigenvalue weighted by Crippen LogP contribution is -2.07. The molecule has 2 heterocycles. The van der Waals surface area contributed by atoms with Gasteiger partial charge in [0.25, 0.3) is 0 Å². The number of carbonyl (C=O) groups excluding carboxylic acids is 1. The lowest BCUT2D eigenvalue weighted by atomic mass is 10.1. The van der Waals surface area contributed by atoms with E-state index in [1.165, 1.54) is 12.5 Å². The SMILES string of the molecule is CCc1nn(C)c(CC(=O)c2ccoc2)c1Cl. The Balaban J connectivity index is 2.25. The van der Waals surface area contributed by atoms with E-state index in [9.17, 15) is 4.79 Å². The number of hydrogen-bond donors (Lipinski definition) is 0. The average molecular weight is 253 g/mol. The molecule has 2 aromatic heterocycles. The largest absolute Gasteiger partial charge is 0.472 e. The summed E-state index contributed by atoms with van der Waals surface area (Å²) in [7, 11) is 1.79. The fourth-order valence-corrected chi connectivity index (χ4v) is 2.05. The van der Waals surface area contributed by atoms with Crippen LogP contribution in [0.25, 0.3) is 0 Å². The molecule has 2 rings (SSSR count). The third kappa shape index (κ3) is 2.26. The van der Waals surface area contributed by atoms with Gasteiger partial charge in [0.2, 0.25) is 0 Å². The van der Waals surface area contributed by atoms with Crippen LogP contribution in [0, 0.1) is 0 Å². The highest BCUT2D eigenvalue weighted by atomic mass is 35.5. The minimum atomic E-state index is -0.0219. The van der Waals surface area contributed by atoms with E-state index in [-0.39, 0.29) is 12.2 Å². The Morgan fingerprint density at radius 1 is 1.59 bits per heavy atom. The summed E-state index contributed by atoms with van der Waals surface area (Å²) in [4.78, 5) is 11.9. The van der Waals surface area contributed by atoms with Crippen LogP contribution >= 0.6 is 11.6 Å². The standard InChI is InChI=1S/C12H13ClN2O2/c1-3-9-12(13)10(15(2)14-9)6-11(16)8-4-5-17-7-8/h4-5,7H,3,6H2,1-2H3. The Labute approximate surface area is 104 Å². The van der Waals surface area contributed by atoms with E-state index in [4.69, 9.17) is 16.0 Å². The van der Waals surface area contributed by atoms with Crippen LogP contribution in [0.4, 0.5) is 0 Å². The summed E-state index contributed by atoms with van der Waals surface area (Å²) >= 11 is 6.18. The van der Waals surface area contributed by atoms with E-state index < -0.39 is 0 Å². The Morgan fingerprint density at radius 2 is 2.35 bits per heavy atom. The first-order valence-electron chi connectivity index (χ1n) is 5.39. The topological polar surface area (TPSA) is 48.0 Å². The van der Waals surface area contributed by atoms with E-state index in [1.54, 1.807) is 17.8 Å². The maximum Gasteiger partial charge on any atom is 0.172 e. The summed E-state index contributed by atoms with van der Waals surface area (Å²) in [6.07, 6.45) is 3.91. The van der Waals surface area contributed by atoms with Crippen LogP contribution in [0.1, 0.15) is 28.7 Å². The number of hydrogen-bond acceptors (Lipinski definition) is 3. The van der Waals surface area contributed by atoms with Gasteiger partial charge in [0.1, 0.15) is 6.26 Å². The number of carbonyl (C=O) groups is 1. The number of halogens is 1. The molecule has 0 amide bonds. The van der Waals surface area contributed by atoms with Crippen molar-refractivity contribution in [3.63, 3.8) is 0 Å². The van der Waals surface area contributed by atoms with Gasteiger partial charge in [-0.2, -0.15) is 5.10 Å². The van der Waals surface area contributed by atoms with Crippen LogP contribution in [-0.4, -0.2) is 15.6 Å². The van der Waals surface area contributed by atoms with Gasteiger partial charge < -0.3 is 4.42 Å². The molecular weight excluding hydrogens is 240 g/mol. The number of aryl methyl sites for hydroxylation is 2. The van der Waals surface area contributed by atoms with Crippen molar-refractivity contribution >= 4 is 17.4 Å². The lowest BCUT2D eigenvalue weighted by molar-refractivity contribution is 0.0990. The highest BCUT2D eigenvalue weighted by Crippen LogP contribution is 2.22. The average Bonchev–Trinajstić information content (AvgIpc) is 2.92. The van der Waals surface area contributed by atoms with Gasteiger partial charge in [-0.1, -0.05) is 18.5 Å². The van der Waals surface area contributed by atoms with E-state index in [0.29, 0.717) is 10.6 Å². The van der Waals surface area contributed by atoms with Crippen LogP contribution in [0.5, 0.6) is 0 Å². The Hall–Kier alpha value is -1.55. The normalized spacial score (nSPS) is 10.8. The van der Waals surface area contributed by atoms with Gasteiger partial charge in [-0.15, -0.1) is 0 Å². The number of furan rings is 1. The Kier molecular flexibility index (Phi) is 3.33. The van der Waals surface area contributed by atoms with Gasteiger partial charge in [-0.05, 0) is 12.5 Å². The second kappa shape index (κ2) is 4.75. The summed E-state index contributed by atoms with van der Waals surface area (Å²) in [5.41, 5.74) is 2.12. The van der Waals surface area contributed by atoms with E-state index in [1.807, 2.05) is 6.92 Å². The second-order valence-corrected chi connectivity index (χ2v) is 4.17. The molecule has 0 radical (unpaired) electrons. The van der Waals surface area contributed by atoms with Gasteiger partial charge in [-0.25, -0.2) is 0 Å². The molecule has 0 aromatic carbocycles. The molecule has 0 saturated carbocycles. The Morgan fingerprint density at radius 3 is 2.88 bits per heavy atom. The summed E-state index contributed by atoms with van der Waals surface area (Å²) < 4.78 is 6.55. The number of ketones is 1. The van der Waals surface area contributed by atoms with Gasteiger partial charge in [0.15, 0.2) is 5.78 Å². The van der Waals surface area contributed by atoms with Crippen molar-refractivity contribution in [2.24, 2.45) is 7.05 Å². The van der Waals surface area contributed by atoms with Crippen molar-refractivity contribution in [2.45, 2.75) is 19.8 Å². The molecule has 0 bridgehead atoms. The smallest absolute Gasteiger partial charge is 0.172 e. The highest BCUT2D eigenvalue weighted by molar-refractivity contribution is 6.32. The van der Waals surface area contributed by atoms with Crippen LogP contribution < -0.4 is 0 Å². The lowest BCUT2D eigenvalue weighted by Gasteiger charge is -2.00. The fourth-order valence-electron chi connectivity index (χ4n) is 1.69. The first kappa shape index (κ1) is 11.9. The van der Waals surface area contributed by atoms with Gasteiger partial charge in [0.05, 0.1) is 34.7 Å². The minimum absolute atomic E-state index is 0.0219. The molecule has 0 unspecified atom stereocenters. The zero-order valence-corrected chi connectivity index (χ0v) is 10.5. The minimum Gasteiger partial charge on any atom is -0.472 e. The molecule has 0 saturated heterocycles. The second-order valence-electron chi connectivity index (χ2n) is 3.80. The highest BCUT2D eigenvalue weighted by Gasteiger charge is 2.17. The van der Waals surface area contributed by atoms with Crippen LogP contribution in [0.15, 0.2) is 23.0 Å². The van der Waals surface area contributed by atoms with Gasteiger partial charge in [-0.3, -0.25) is 9.48 Å². The third-order valence-electron chi connectivity index (χ3n) is 2.67. The monoisotopic (exact) mass is 252 g/mol. The summed E-state index contributed by atoms with van der Waals surface area (Å²) in [6, 6.07) is 1.65. The molecule has 0 N–H and O–H groups in total. The van der Waals surface area contributed by atoms with Crippen molar-refractivity contribution < 1.29 is 9.21 Å². The van der Waals surface area contributed by atoms with E-state index >= 15 is 0 Å². The molecule has 4 nitrogen and oxygen atoms in total. The molecular formula is C12H13ClN2O2. The molecule has 0 atom stereocenters. The van der Waals surface area contributed by atoms with Crippen molar-refractivity contribution in [2.75, 3.05) is 0 Å². The summed E-state index contributed by atoms with van der Waals surface area (Å²) in [5, 5.41) is 4.86. The molecule has 5 heteroatoms. The van der Waals surface area contributed by atoms with Crippen LogP contribution in [-0.2, 0) is 19.9 Å². The maximum atomic E-state index is 11.9. The fraction of sp³-hybridized carbons (Fsp3) is 0.333. The van der Waals surface area contributed by atoms with E-state index in [0.717, 1.165) is 17.8 Å². The quantitative estimate of drug-likeness (QED) is 0.786. The predicted molar refractivity (Wildman–Crippen MR) is 64.3 cm³/mol. The van der Waals surface area contributed by atoms with E-state index in [2.05, 4.69) is 5.10 Å². The van der Waals surface area contributed by atoms with Crippen molar-refractivity contribution in [1.82, 2.24) is 9.78 Å². The Bertz CT molecular complexity index is 529. The molecule has 0 aliphatic carbocycles. The predicted octanol–water partition coefficient (Wildman–Crippen LogP) is 2.65. The maximum absolute atomic E-state index is 11.9. The van der Waals surface area contributed by atoms with Gasteiger partial charge >= 0.3 is 0 Å². The first-order chi connectivity index (χ1) is 8.13. The molecule has 0 spiro atoms. The number of nitrogens with zero attached hydrogens (tertiary/aromatic N) is 2. The molecule has 90 valence electrons. The molecule has 0 aliphatic heterocycles. The number of rotatable bonds is 4. The molecule has 17 heavy (non-hydrogen) atoms. The number of Topliss-reactive ketones (excluding diaryl/α,β-unsaturated/α-hetero) is 1. The van der Waals surface area contributed by atoms with Gasteiger partial charge in [0, 0.05) is 7.05 Å². The zero-order chi connectivity index (χ0) is 12.4. The summed E-state index contributed by atoms with van der Waals surface area (Å²) in [5.74, 6) is -0.0219. The number of aromatic nitrogens is 2. The third-order valence-corrected chi connectivity index (χ3v) is 3.11. The molecule has 2 aromatic rings. The first-order valence-corrected chi connectivity index (χ1v) is 5.77. The molecule has 0 aliphatic rings. The van der Waals surface area contributed by atoms with Crippen molar-refractivity contribution in [1.29, 1.82) is 0 Å².